The van der Waals surface area contributed by atoms with Gasteiger partial charge in [0.25, 0.3) is 5.91 Å². The van der Waals surface area contributed by atoms with Crippen LogP contribution < -0.4 is 5.32 Å². The van der Waals surface area contributed by atoms with Crippen LogP contribution in [-0.2, 0) is 0 Å². The van der Waals surface area contributed by atoms with Gasteiger partial charge in [-0.25, -0.2) is 4.98 Å². The van der Waals surface area contributed by atoms with Gasteiger partial charge in [-0.1, -0.05) is 0 Å². The van der Waals surface area contributed by atoms with Gasteiger partial charge < -0.3 is 15.5 Å². The zero-order valence-electron chi connectivity index (χ0n) is 11.2. The second-order valence-corrected chi connectivity index (χ2v) is 4.47. The standard InChI is InChI=1S/C14H11N5O3/c20-11-3-9(4-12(21)5-11)14(22)18-10-1-2-13(15-6-10)19-7-16-17-8-19/h1-8,20-21H,(H,18,22). The van der Waals surface area contributed by atoms with Crippen molar-refractivity contribution in [3.05, 3.63) is 54.7 Å². The van der Waals surface area contributed by atoms with Crippen molar-refractivity contribution in [2.75, 3.05) is 5.32 Å². The van der Waals surface area contributed by atoms with Gasteiger partial charge in [-0.15, -0.1) is 10.2 Å². The fraction of sp³-hybridized carbons (Fsp3) is 0. The SMILES string of the molecule is O=C(Nc1ccc(-n2cnnc2)nc1)c1cc(O)cc(O)c1. The number of aromatic nitrogens is 4. The highest BCUT2D eigenvalue weighted by Gasteiger charge is 2.09. The minimum Gasteiger partial charge on any atom is -0.508 e. The van der Waals surface area contributed by atoms with E-state index < -0.39 is 5.91 Å². The molecule has 0 radical (unpaired) electrons. The predicted octanol–water partition coefficient (Wildman–Crippen LogP) is 1.33. The predicted molar refractivity (Wildman–Crippen MR) is 76.9 cm³/mol. The summed E-state index contributed by atoms with van der Waals surface area (Å²) in [5.74, 6) is -0.236. The minimum atomic E-state index is -0.468. The Kier molecular flexibility index (Phi) is 3.40. The Labute approximate surface area is 124 Å². The first-order valence-corrected chi connectivity index (χ1v) is 6.27. The molecule has 0 aliphatic carbocycles. The van der Waals surface area contributed by atoms with Crippen molar-refractivity contribution in [2.24, 2.45) is 0 Å². The van der Waals surface area contributed by atoms with Crippen LogP contribution in [-0.4, -0.2) is 35.9 Å². The Hall–Kier alpha value is -3.42. The molecule has 3 N–H and O–H groups in total. The van der Waals surface area contributed by atoms with Crippen LogP contribution in [0, 0.1) is 0 Å². The van der Waals surface area contributed by atoms with Gasteiger partial charge in [0, 0.05) is 11.6 Å². The molecule has 8 heteroatoms. The van der Waals surface area contributed by atoms with E-state index in [0.29, 0.717) is 11.5 Å². The third-order valence-electron chi connectivity index (χ3n) is 2.85. The largest absolute Gasteiger partial charge is 0.508 e. The van der Waals surface area contributed by atoms with Crippen LogP contribution in [0.2, 0.25) is 0 Å². The molecule has 110 valence electrons. The van der Waals surface area contributed by atoms with Gasteiger partial charge in [0.2, 0.25) is 0 Å². The molecular formula is C14H11N5O3. The normalized spacial score (nSPS) is 10.4. The third-order valence-corrected chi connectivity index (χ3v) is 2.85. The van der Waals surface area contributed by atoms with Crippen LogP contribution >= 0.6 is 0 Å². The highest BCUT2D eigenvalue weighted by Crippen LogP contribution is 2.21. The van der Waals surface area contributed by atoms with Gasteiger partial charge in [0.15, 0.2) is 0 Å². The van der Waals surface area contributed by atoms with E-state index in [-0.39, 0.29) is 17.1 Å². The number of phenolic OH excluding ortho intramolecular Hbond substituents is 2. The Bertz CT molecular complexity index is 780. The van der Waals surface area contributed by atoms with Gasteiger partial charge in [-0.2, -0.15) is 0 Å². The molecule has 0 fully saturated rings. The lowest BCUT2D eigenvalue weighted by atomic mass is 10.2. The lowest BCUT2D eigenvalue weighted by Crippen LogP contribution is -2.12. The van der Waals surface area contributed by atoms with E-state index in [0.717, 1.165) is 6.07 Å². The summed E-state index contributed by atoms with van der Waals surface area (Å²) in [6.45, 7) is 0. The molecule has 0 spiro atoms. The summed E-state index contributed by atoms with van der Waals surface area (Å²) in [5.41, 5.74) is 0.616. The van der Waals surface area contributed by atoms with Crippen molar-refractivity contribution in [2.45, 2.75) is 0 Å². The molecule has 0 aliphatic rings. The van der Waals surface area contributed by atoms with Crippen LogP contribution in [0.3, 0.4) is 0 Å². The zero-order valence-corrected chi connectivity index (χ0v) is 11.2. The fourth-order valence-electron chi connectivity index (χ4n) is 1.86. The van der Waals surface area contributed by atoms with E-state index in [4.69, 9.17) is 0 Å². The van der Waals surface area contributed by atoms with Crippen molar-refractivity contribution in [1.29, 1.82) is 0 Å². The maximum atomic E-state index is 12.0. The molecular weight excluding hydrogens is 286 g/mol. The second-order valence-electron chi connectivity index (χ2n) is 4.47. The maximum absolute atomic E-state index is 12.0. The molecule has 1 amide bonds. The van der Waals surface area contributed by atoms with Crippen molar-refractivity contribution in [1.82, 2.24) is 19.7 Å². The van der Waals surface area contributed by atoms with E-state index in [9.17, 15) is 15.0 Å². The number of amides is 1. The first-order chi connectivity index (χ1) is 10.6. The molecule has 1 aromatic carbocycles. The van der Waals surface area contributed by atoms with Crippen LogP contribution in [0.4, 0.5) is 5.69 Å². The average Bonchev–Trinajstić information content (AvgIpc) is 3.01. The number of benzene rings is 1. The molecule has 8 nitrogen and oxygen atoms in total. The average molecular weight is 297 g/mol. The monoisotopic (exact) mass is 297 g/mol. The molecule has 22 heavy (non-hydrogen) atoms. The first kappa shape index (κ1) is 13.6. The molecule has 3 aromatic rings. The number of rotatable bonds is 3. The maximum Gasteiger partial charge on any atom is 0.255 e. The molecule has 3 rings (SSSR count). The van der Waals surface area contributed by atoms with Crippen LogP contribution in [0.25, 0.3) is 5.82 Å². The van der Waals surface area contributed by atoms with Crippen LogP contribution in [0.1, 0.15) is 10.4 Å². The number of anilines is 1. The Balaban J connectivity index is 1.76. The number of carbonyl (C=O) groups excluding carboxylic acids is 1. The van der Waals surface area contributed by atoms with Gasteiger partial charge in [-0.3, -0.25) is 9.36 Å². The summed E-state index contributed by atoms with van der Waals surface area (Å²) >= 11 is 0. The summed E-state index contributed by atoms with van der Waals surface area (Å²) in [4.78, 5) is 16.2. The third kappa shape index (κ3) is 2.85. The number of carbonyl (C=O) groups is 1. The molecule has 0 unspecified atom stereocenters. The number of nitrogens with zero attached hydrogens (tertiary/aromatic N) is 4. The molecule has 0 aliphatic heterocycles. The quantitative estimate of drug-likeness (QED) is 0.672. The summed E-state index contributed by atoms with van der Waals surface area (Å²) in [6.07, 6.45) is 4.50. The Morgan fingerprint density at radius 1 is 1.05 bits per heavy atom. The van der Waals surface area contributed by atoms with Gasteiger partial charge in [0.1, 0.15) is 30.0 Å². The highest BCUT2D eigenvalue weighted by atomic mass is 16.3. The lowest BCUT2D eigenvalue weighted by molar-refractivity contribution is 0.102. The number of phenols is 2. The summed E-state index contributed by atoms with van der Waals surface area (Å²) in [5, 5.41) is 28.8. The van der Waals surface area contributed by atoms with Gasteiger partial charge >= 0.3 is 0 Å². The van der Waals surface area contributed by atoms with Crippen molar-refractivity contribution in [3.8, 4) is 17.3 Å². The molecule has 0 atom stereocenters. The van der Waals surface area contributed by atoms with Crippen LogP contribution in [0.5, 0.6) is 11.5 Å². The molecule has 0 saturated heterocycles. The van der Waals surface area contributed by atoms with Gasteiger partial charge in [-0.05, 0) is 24.3 Å². The van der Waals surface area contributed by atoms with Crippen LogP contribution in [0.15, 0.2) is 49.2 Å². The number of hydrogen-bond donors (Lipinski definition) is 3. The first-order valence-electron chi connectivity index (χ1n) is 6.27. The van der Waals surface area contributed by atoms with E-state index in [1.165, 1.54) is 31.0 Å². The summed E-state index contributed by atoms with van der Waals surface area (Å²) in [6, 6.07) is 7.02. The Morgan fingerprint density at radius 3 is 2.32 bits per heavy atom. The van der Waals surface area contributed by atoms with Crippen molar-refractivity contribution in [3.63, 3.8) is 0 Å². The highest BCUT2D eigenvalue weighted by molar-refractivity contribution is 6.04. The number of hydrogen-bond acceptors (Lipinski definition) is 6. The fourth-order valence-corrected chi connectivity index (χ4v) is 1.86. The molecule has 0 saturated carbocycles. The van der Waals surface area contributed by atoms with E-state index in [2.05, 4.69) is 20.5 Å². The number of nitrogens with one attached hydrogen (secondary N) is 1. The van der Waals surface area contributed by atoms with Gasteiger partial charge in [0.05, 0.1) is 11.9 Å². The molecule has 2 heterocycles. The molecule has 2 aromatic heterocycles. The minimum absolute atomic E-state index is 0.139. The topological polar surface area (TPSA) is 113 Å². The van der Waals surface area contributed by atoms with E-state index >= 15 is 0 Å². The number of aromatic hydroxyl groups is 2. The lowest BCUT2D eigenvalue weighted by Gasteiger charge is -2.07. The summed E-state index contributed by atoms with van der Waals surface area (Å²) in [7, 11) is 0. The summed E-state index contributed by atoms with van der Waals surface area (Å²) < 4.78 is 1.62. The van der Waals surface area contributed by atoms with E-state index in [1.54, 1.807) is 16.7 Å². The second kappa shape index (κ2) is 5.52. The van der Waals surface area contributed by atoms with Crippen molar-refractivity contribution >= 4 is 11.6 Å². The Morgan fingerprint density at radius 2 is 1.73 bits per heavy atom. The number of pyridine rings is 1. The smallest absolute Gasteiger partial charge is 0.255 e. The van der Waals surface area contributed by atoms with Crippen molar-refractivity contribution < 1.29 is 15.0 Å². The zero-order chi connectivity index (χ0) is 15.5. The molecule has 0 bridgehead atoms. The van der Waals surface area contributed by atoms with E-state index in [1.807, 2.05) is 0 Å².